The second-order valence-corrected chi connectivity index (χ2v) is 1.05. The van der Waals surface area contributed by atoms with Crippen LogP contribution < -0.4 is 0 Å². The van der Waals surface area contributed by atoms with E-state index in [-0.39, 0.29) is 9.29 Å². The van der Waals surface area contributed by atoms with Gasteiger partial charge in [-0.2, -0.15) is 0 Å². The molecule has 0 aliphatic carbocycles. The minimum atomic E-state index is -0.0941. The summed E-state index contributed by atoms with van der Waals surface area (Å²) >= 11 is 0. The highest BCUT2D eigenvalue weighted by Gasteiger charge is 1.58. The molecule has 21 valence electrons. The first-order valence-electron chi connectivity index (χ1n) is 0.947. The SMILES string of the molecule is [C]=C=[Si][N+]#[C-]. The number of hydrogen-bond acceptors (Lipinski definition) is 0. The second-order valence-electron chi connectivity index (χ2n) is 0.349. The molecule has 0 bridgehead atoms. The Balaban J connectivity index is 3.46. The van der Waals surface area contributed by atoms with Gasteiger partial charge in [0, 0.05) is 6.58 Å². The van der Waals surface area contributed by atoms with Crippen LogP contribution in [0.15, 0.2) is 0 Å². The van der Waals surface area contributed by atoms with E-state index < -0.39 is 0 Å². The Morgan fingerprint density at radius 1 is 2.00 bits per heavy atom. The Morgan fingerprint density at radius 3 is 2.60 bits per heavy atom. The molecule has 0 N–H and O–H groups in total. The average molecular weight is 78.1 g/mol. The summed E-state index contributed by atoms with van der Waals surface area (Å²) in [5, 5.41) is 1.94. The van der Waals surface area contributed by atoms with Gasteiger partial charge in [0.05, 0.1) is 0 Å². The van der Waals surface area contributed by atoms with E-state index in [2.05, 4.69) is 4.51 Å². The maximum Gasteiger partial charge on any atom is 0.629 e. The van der Waals surface area contributed by atoms with Crippen molar-refractivity contribution >= 4 is 14.6 Å². The van der Waals surface area contributed by atoms with E-state index in [0.29, 0.717) is 0 Å². The minimum Gasteiger partial charge on any atom is -0.364 e. The fourth-order valence-corrected chi connectivity index (χ4v) is 0.0839. The maximum absolute atomic E-state index is 6.15. The van der Waals surface area contributed by atoms with Gasteiger partial charge >= 0.3 is 9.29 Å². The zero-order chi connectivity index (χ0) is 4.12. The predicted molar refractivity (Wildman–Crippen MR) is 20.6 cm³/mol. The van der Waals surface area contributed by atoms with E-state index in [9.17, 15) is 0 Å². The van der Waals surface area contributed by atoms with Gasteiger partial charge in [-0.05, 0) is 0 Å². The standard InChI is InChI=1S/C3NSi/c1-3-5-4-2. The molecule has 2 heteroatoms. The van der Waals surface area contributed by atoms with Crippen LogP contribution in [-0.4, -0.2) is 14.6 Å². The normalized spacial score (nSPS) is 3.80. The van der Waals surface area contributed by atoms with Crippen molar-refractivity contribution < 1.29 is 0 Å². The Morgan fingerprint density at radius 2 is 2.60 bits per heavy atom. The molecule has 1 nitrogen and oxygen atoms in total. The highest BCUT2D eigenvalue weighted by molar-refractivity contribution is 6.47. The predicted octanol–water partition coefficient (Wildman–Crippen LogP) is -0.208. The number of nitrogens with zero attached hydrogens (tertiary/aromatic N) is 1. The van der Waals surface area contributed by atoms with Crippen molar-refractivity contribution in [1.29, 1.82) is 0 Å². The van der Waals surface area contributed by atoms with Gasteiger partial charge in [-0.25, -0.2) is 0 Å². The maximum atomic E-state index is 6.15. The van der Waals surface area contributed by atoms with Gasteiger partial charge in [0.2, 0.25) is 0 Å². The van der Waals surface area contributed by atoms with Gasteiger partial charge in [0.25, 0.3) is 0 Å². The molecular formula is C3NSi. The summed E-state index contributed by atoms with van der Waals surface area (Å²) in [5.41, 5.74) is 0. The molecule has 0 aromatic heterocycles. The largest absolute Gasteiger partial charge is 0.629 e. The van der Waals surface area contributed by atoms with Crippen molar-refractivity contribution in [2.24, 2.45) is 0 Å². The monoisotopic (exact) mass is 78.0 g/mol. The van der Waals surface area contributed by atoms with Gasteiger partial charge in [-0.1, -0.05) is 5.33 Å². The van der Waals surface area contributed by atoms with Crippen molar-refractivity contribution in [3.8, 4) is 0 Å². The lowest BCUT2D eigenvalue weighted by Gasteiger charge is -1.35. The van der Waals surface area contributed by atoms with Crippen LogP contribution in [0.1, 0.15) is 0 Å². The topological polar surface area (TPSA) is 4.36 Å². The molecule has 0 aliphatic heterocycles. The van der Waals surface area contributed by atoms with E-state index in [1.807, 2.05) is 5.33 Å². The lowest BCUT2D eigenvalue weighted by Crippen LogP contribution is -1.53. The summed E-state index contributed by atoms with van der Waals surface area (Å²) < 4.78 is 2.83. The molecule has 0 aromatic carbocycles. The average Bonchev–Trinajstić information content (AvgIpc) is 1.41. The smallest absolute Gasteiger partial charge is 0.364 e. The van der Waals surface area contributed by atoms with Crippen LogP contribution >= 0.6 is 0 Å². The molecule has 0 spiro atoms. The number of rotatable bonds is 0. The van der Waals surface area contributed by atoms with E-state index >= 15 is 0 Å². The van der Waals surface area contributed by atoms with E-state index in [1.54, 1.807) is 0 Å². The lowest BCUT2D eigenvalue weighted by molar-refractivity contribution is 2.54. The molecule has 0 atom stereocenters. The first-order chi connectivity index (χ1) is 2.41. The molecule has 0 saturated heterocycles. The summed E-state index contributed by atoms with van der Waals surface area (Å²) in [6.45, 7) is 12.2. The molecule has 0 rings (SSSR count). The van der Waals surface area contributed by atoms with E-state index in [4.69, 9.17) is 13.2 Å². The van der Waals surface area contributed by atoms with E-state index in [0.717, 1.165) is 0 Å². The van der Waals surface area contributed by atoms with Crippen LogP contribution in [0.3, 0.4) is 0 Å². The summed E-state index contributed by atoms with van der Waals surface area (Å²) in [6.07, 6.45) is 0. The molecular weight excluding hydrogens is 78.1 g/mol. The molecule has 3 radical (unpaired) electrons. The molecule has 0 saturated carbocycles. The van der Waals surface area contributed by atoms with Crippen molar-refractivity contribution in [1.82, 2.24) is 0 Å². The van der Waals surface area contributed by atoms with Crippen molar-refractivity contribution in [3.63, 3.8) is 0 Å². The Bertz CT molecular complexity index is 94.0. The third-order valence-corrected chi connectivity index (χ3v) is 0.335. The molecule has 0 heterocycles. The first kappa shape index (κ1) is 4.36. The first-order valence-corrected chi connectivity index (χ1v) is 1.89. The Kier molecular flexibility index (Phi) is 2.93. The highest BCUT2D eigenvalue weighted by Crippen LogP contribution is 1.33. The molecule has 0 fully saturated rings. The van der Waals surface area contributed by atoms with Crippen LogP contribution in [0.25, 0.3) is 4.51 Å². The van der Waals surface area contributed by atoms with Crippen LogP contribution in [0.4, 0.5) is 0 Å². The van der Waals surface area contributed by atoms with Gasteiger partial charge in [0.1, 0.15) is 0 Å². The zero-order valence-corrected chi connectivity index (χ0v) is 3.45. The van der Waals surface area contributed by atoms with Crippen LogP contribution in [0.2, 0.25) is 0 Å². The quantitative estimate of drug-likeness (QED) is 0.279. The van der Waals surface area contributed by atoms with Crippen LogP contribution in [-0.2, 0) is 0 Å². The van der Waals surface area contributed by atoms with Crippen molar-refractivity contribution in [3.05, 3.63) is 17.7 Å². The lowest BCUT2D eigenvalue weighted by atomic mass is 11.3. The molecule has 5 heavy (non-hydrogen) atoms. The number of hydrogen-bond donors (Lipinski definition) is 0. The van der Waals surface area contributed by atoms with Crippen molar-refractivity contribution in [2.45, 2.75) is 0 Å². The fraction of sp³-hybridized carbons (Fsp3) is 0. The molecule has 0 aliphatic rings. The third kappa shape index (κ3) is 3.36. The van der Waals surface area contributed by atoms with Gasteiger partial charge in [-0.15, -0.1) is 0 Å². The molecule has 0 aromatic rings. The highest BCUT2D eigenvalue weighted by atomic mass is 28.2. The van der Waals surface area contributed by atoms with Crippen LogP contribution in [0, 0.1) is 13.2 Å². The summed E-state index contributed by atoms with van der Waals surface area (Å²) in [7, 11) is -0.0941. The van der Waals surface area contributed by atoms with Gasteiger partial charge < -0.3 is 4.51 Å². The minimum absolute atomic E-state index is 0.0941. The third-order valence-electron chi connectivity index (χ3n) is 0.112. The Labute approximate surface area is 33.3 Å². The van der Waals surface area contributed by atoms with Crippen molar-refractivity contribution in [2.75, 3.05) is 0 Å². The fourth-order valence-electron chi connectivity index (χ4n) is 0.0280. The van der Waals surface area contributed by atoms with E-state index in [1.165, 1.54) is 0 Å². The van der Waals surface area contributed by atoms with Gasteiger partial charge in [-0.3, -0.25) is 6.57 Å². The van der Waals surface area contributed by atoms with Crippen LogP contribution in [0.5, 0.6) is 0 Å². The summed E-state index contributed by atoms with van der Waals surface area (Å²) in [4.78, 5) is 0. The summed E-state index contributed by atoms with van der Waals surface area (Å²) in [6, 6.07) is 0. The second kappa shape index (κ2) is 3.36. The zero-order valence-electron chi connectivity index (χ0n) is 2.45. The molecule has 0 unspecified atom stereocenters. The summed E-state index contributed by atoms with van der Waals surface area (Å²) in [5.74, 6) is 0. The van der Waals surface area contributed by atoms with Gasteiger partial charge in [0.15, 0.2) is 0 Å². The Hall–Kier alpha value is -0.643. The molecule has 0 amide bonds.